The van der Waals surface area contributed by atoms with Crippen LogP contribution < -0.4 is 14.8 Å². The fourth-order valence-electron chi connectivity index (χ4n) is 9.96. The van der Waals surface area contributed by atoms with Crippen molar-refractivity contribution in [3.05, 3.63) is 106 Å². The maximum absolute atomic E-state index is 14.7. The van der Waals surface area contributed by atoms with Gasteiger partial charge in [-0.2, -0.15) is 0 Å². The lowest BCUT2D eigenvalue weighted by atomic mass is 9.86. The minimum atomic E-state index is -2.56. The van der Waals surface area contributed by atoms with E-state index in [2.05, 4.69) is 16.4 Å². The lowest BCUT2D eigenvalue weighted by Crippen LogP contribution is -2.69. The number of hydrogen-bond donors (Lipinski definition) is 7. The van der Waals surface area contributed by atoms with E-state index in [1.165, 1.54) is 12.0 Å². The molecular formula is C50H57N3O12. The number of Topliss-reactive ketones (excluding diaryl/α,β-unsaturated/α-hetero) is 1. The molecule has 1 saturated carbocycles. The number of aliphatic hydroxyl groups is 4. The molecule has 1 amide bonds. The third kappa shape index (κ3) is 8.40. The molecule has 6 unspecified atom stereocenters. The van der Waals surface area contributed by atoms with Gasteiger partial charge >= 0.3 is 0 Å². The minimum Gasteiger partial charge on any atom is -0.506 e. The fourth-order valence-corrected chi connectivity index (χ4v) is 9.96. The lowest BCUT2D eigenvalue weighted by Gasteiger charge is -2.47. The van der Waals surface area contributed by atoms with Crippen LogP contribution in [0.3, 0.4) is 0 Å². The number of benzene rings is 4. The number of nitrogens with zero attached hydrogens (tertiary/aromatic N) is 1. The van der Waals surface area contributed by atoms with Crippen molar-refractivity contribution < 1.29 is 58.8 Å². The Bertz CT molecular complexity index is 2600. The summed E-state index contributed by atoms with van der Waals surface area (Å²) >= 11 is 0. The summed E-state index contributed by atoms with van der Waals surface area (Å²) in [5, 5.41) is 62.8. The van der Waals surface area contributed by atoms with Crippen molar-refractivity contribution in [3.8, 4) is 17.2 Å². The Morgan fingerprint density at radius 3 is 2.63 bits per heavy atom. The summed E-state index contributed by atoms with van der Waals surface area (Å²) in [5.41, 5.74) is 2.41. The van der Waals surface area contributed by atoms with Crippen molar-refractivity contribution >= 4 is 39.4 Å². The van der Waals surface area contributed by atoms with E-state index in [-0.39, 0.29) is 53.8 Å². The largest absolute Gasteiger partial charge is 0.506 e. The molecule has 9 rings (SSSR count). The van der Waals surface area contributed by atoms with Crippen LogP contribution in [0.15, 0.2) is 66.9 Å². The number of nitrogens with one attached hydrogen (secondary N) is 2. The molecule has 7 N–H and O–H groups in total. The summed E-state index contributed by atoms with van der Waals surface area (Å²) in [6.45, 7) is 0.782. The molecule has 1 aromatic heterocycles. The second kappa shape index (κ2) is 18.9. The first-order valence-corrected chi connectivity index (χ1v) is 22.5. The first-order valence-electron chi connectivity index (χ1n) is 22.5. The number of aromatic nitrogens is 1. The van der Waals surface area contributed by atoms with E-state index < -0.39 is 54.4 Å². The first-order chi connectivity index (χ1) is 31.5. The Labute approximate surface area is 376 Å². The maximum atomic E-state index is 14.7. The van der Waals surface area contributed by atoms with Gasteiger partial charge in [0.15, 0.2) is 11.4 Å². The molecule has 6 atom stereocenters. The number of phenols is 1. The topological polar surface area (TPSA) is 212 Å². The van der Waals surface area contributed by atoms with Gasteiger partial charge in [0.05, 0.1) is 43.4 Å². The highest BCUT2D eigenvalue weighted by atomic mass is 16.7. The predicted octanol–water partition coefficient (Wildman–Crippen LogP) is 5.38. The molecular weight excluding hydrogens is 835 g/mol. The number of ketones is 1. The standard InChI is InChI=1S/C50H57N3O12/c1-61-18-8-7-17-51-22-28-13-15-37-35(19-28)36(23-52-37)39-16-14-33-40(62-2)21-31-20-34(29-9-3-4-10-29)43(38(55)25-53-24-30-11-5-6-12-32(30)48(53)59)45(57)42(31)46(33)65-49-50(60,27-54)47(58)44(56)41(64-49)26-63-39/h5-6,11-16,19-21,23,29,39,41,44,47,49,51-52,54,56-58,60H,3-4,7-10,17-18,22,24-27H2,1-2H3. The second-order valence-corrected chi connectivity index (χ2v) is 17.7. The van der Waals surface area contributed by atoms with Gasteiger partial charge in [-0.05, 0) is 96.6 Å². The number of phenolic OH excluding ortho intramolecular Hbond substituents is 1. The van der Waals surface area contributed by atoms with Gasteiger partial charge in [-0.15, -0.1) is 0 Å². The molecule has 4 heterocycles. The molecule has 0 radical (unpaired) electrons. The quantitative estimate of drug-likeness (QED) is 0.0552. The van der Waals surface area contributed by atoms with Crippen molar-refractivity contribution in [3.63, 3.8) is 0 Å². The third-order valence-corrected chi connectivity index (χ3v) is 13.6. The van der Waals surface area contributed by atoms with E-state index >= 15 is 0 Å². The molecule has 4 aromatic carbocycles. The number of fused-ring (bicyclic) bond motifs is 7. The molecule has 2 fully saturated rings. The van der Waals surface area contributed by atoms with Crippen molar-refractivity contribution in [1.29, 1.82) is 0 Å². The number of rotatable bonds is 14. The Morgan fingerprint density at radius 2 is 1.86 bits per heavy atom. The number of aromatic amines is 1. The highest BCUT2D eigenvalue weighted by Gasteiger charge is 2.56. The zero-order valence-electron chi connectivity index (χ0n) is 36.6. The molecule has 0 spiro atoms. The number of carbonyl (C=O) groups excluding carboxylic acids is 2. The van der Waals surface area contributed by atoms with Gasteiger partial charge in [-0.25, -0.2) is 0 Å². The molecule has 65 heavy (non-hydrogen) atoms. The molecule has 4 aliphatic rings. The molecule has 2 bridgehead atoms. The third-order valence-electron chi connectivity index (χ3n) is 13.6. The Morgan fingerprint density at radius 1 is 1.05 bits per heavy atom. The summed E-state index contributed by atoms with van der Waals surface area (Å²) < 4.78 is 30.5. The summed E-state index contributed by atoms with van der Waals surface area (Å²) in [6.07, 6.45) is 3.17. The van der Waals surface area contributed by atoms with Crippen LogP contribution in [0.25, 0.3) is 27.8 Å². The second-order valence-electron chi connectivity index (χ2n) is 17.7. The van der Waals surface area contributed by atoms with Gasteiger partial charge < -0.3 is 64.4 Å². The number of aromatic hydroxyl groups is 1. The normalized spacial score (nSPS) is 24.6. The fraction of sp³-hybridized carbons (Fsp3) is 0.440. The van der Waals surface area contributed by atoms with Gasteiger partial charge in [0.1, 0.15) is 41.7 Å². The highest BCUT2D eigenvalue weighted by Crippen LogP contribution is 2.50. The number of H-pyrrole nitrogens is 1. The van der Waals surface area contributed by atoms with Crippen LogP contribution in [0, 0.1) is 0 Å². The summed E-state index contributed by atoms with van der Waals surface area (Å²) in [7, 11) is 3.18. The number of unbranched alkanes of at least 4 members (excludes halogenated alkanes) is 1. The van der Waals surface area contributed by atoms with Gasteiger partial charge in [0.25, 0.3) is 5.91 Å². The first kappa shape index (κ1) is 44.8. The van der Waals surface area contributed by atoms with E-state index in [0.29, 0.717) is 35.4 Å². The van der Waals surface area contributed by atoms with Gasteiger partial charge in [0.2, 0.25) is 6.29 Å². The summed E-state index contributed by atoms with van der Waals surface area (Å²) in [4.78, 5) is 33.0. The van der Waals surface area contributed by atoms with Crippen LogP contribution in [0.5, 0.6) is 17.2 Å². The zero-order chi connectivity index (χ0) is 45.4. The van der Waals surface area contributed by atoms with E-state index in [4.69, 9.17) is 23.7 Å². The average molecular weight is 892 g/mol. The highest BCUT2D eigenvalue weighted by molar-refractivity contribution is 6.11. The lowest BCUT2D eigenvalue weighted by molar-refractivity contribution is -0.329. The molecule has 3 aliphatic heterocycles. The van der Waals surface area contributed by atoms with Crippen molar-refractivity contribution in [2.75, 3.05) is 47.1 Å². The number of carbonyl (C=O) groups is 2. The molecule has 1 aliphatic carbocycles. The van der Waals surface area contributed by atoms with Crippen molar-refractivity contribution in [2.24, 2.45) is 0 Å². The molecule has 15 nitrogen and oxygen atoms in total. The molecule has 344 valence electrons. The van der Waals surface area contributed by atoms with E-state index in [9.17, 15) is 35.1 Å². The van der Waals surface area contributed by atoms with Gasteiger partial charge in [0, 0.05) is 55.0 Å². The number of amides is 1. The van der Waals surface area contributed by atoms with Crippen LogP contribution in [0.4, 0.5) is 0 Å². The molecule has 15 heteroatoms. The monoisotopic (exact) mass is 891 g/mol. The number of aliphatic hydroxyl groups excluding tert-OH is 3. The van der Waals surface area contributed by atoms with Crippen molar-refractivity contribution in [1.82, 2.24) is 15.2 Å². The molecule has 5 aromatic rings. The SMILES string of the molecule is COCCCCNCc1ccc2[nH]cc(C3C=Cc4c(OC)cc5cc(C6CCCC6)c(C(=O)CN6Cc7ccccc7C6=O)c(O)c5c4OC4OC(CO3)C(O)C(O)C4(O)CO)c2c1. The Kier molecular flexibility index (Phi) is 13.0. The maximum Gasteiger partial charge on any atom is 0.254 e. The predicted molar refractivity (Wildman–Crippen MR) is 241 cm³/mol. The van der Waals surface area contributed by atoms with E-state index in [0.717, 1.165) is 72.7 Å². The van der Waals surface area contributed by atoms with Gasteiger partial charge in [-0.3, -0.25) is 9.59 Å². The number of methoxy groups -OCH3 is 2. The zero-order valence-corrected chi connectivity index (χ0v) is 36.6. The van der Waals surface area contributed by atoms with Crippen LogP contribution in [-0.2, 0) is 27.3 Å². The van der Waals surface area contributed by atoms with E-state index in [1.54, 1.807) is 37.5 Å². The minimum absolute atomic E-state index is 0.0513. The van der Waals surface area contributed by atoms with Crippen LogP contribution in [-0.4, -0.2) is 124 Å². The Balaban J connectivity index is 1.17. The summed E-state index contributed by atoms with van der Waals surface area (Å²) in [5.74, 6) is -0.962. The van der Waals surface area contributed by atoms with Crippen molar-refractivity contribution in [2.45, 2.75) is 93.8 Å². The molecule has 1 saturated heterocycles. The van der Waals surface area contributed by atoms with Crippen LogP contribution in [0.1, 0.15) is 99.1 Å². The van der Waals surface area contributed by atoms with Gasteiger partial charge in [-0.1, -0.05) is 43.2 Å². The van der Waals surface area contributed by atoms with E-state index in [1.807, 2.05) is 36.5 Å². The smallest absolute Gasteiger partial charge is 0.254 e. The summed E-state index contributed by atoms with van der Waals surface area (Å²) in [6, 6.07) is 16.9. The van der Waals surface area contributed by atoms with Crippen LogP contribution in [0.2, 0.25) is 0 Å². The van der Waals surface area contributed by atoms with Crippen LogP contribution >= 0.6 is 0 Å². The number of hydrogen-bond acceptors (Lipinski definition) is 13. The number of ether oxygens (including phenoxy) is 5. The Hall–Kier alpha value is -5.36. The average Bonchev–Trinajstić information content (AvgIpc) is 4.07.